The van der Waals surface area contributed by atoms with Gasteiger partial charge in [-0.1, -0.05) is 18.2 Å². The number of para-hydroxylation sites is 1. The number of aromatic amines is 1. The van der Waals surface area contributed by atoms with Gasteiger partial charge in [0.15, 0.2) is 5.75 Å². The third kappa shape index (κ3) is 3.72. The molecule has 144 valence electrons. The Morgan fingerprint density at radius 1 is 1.11 bits per heavy atom. The lowest BCUT2D eigenvalue weighted by Crippen LogP contribution is -2.32. The maximum absolute atomic E-state index is 13.1. The standard InChI is InChI=1S/C20H18N2O5S/c1-12(23)27-18-15-11-14(28(3)26)9-10-16(15)21-19(24)17(18)20(25)22(2)13-7-5-4-6-8-13/h4-11H,1-3H3,(H,21,24). The Morgan fingerprint density at radius 3 is 2.39 bits per heavy atom. The summed E-state index contributed by atoms with van der Waals surface area (Å²) >= 11 is 0. The van der Waals surface area contributed by atoms with E-state index in [1.54, 1.807) is 48.5 Å². The van der Waals surface area contributed by atoms with Gasteiger partial charge in [-0.25, -0.2) is 0 Å². The number of esters is 1. The molecule has 0 fully saturated rings. The molecule has 1 heterocycles. The molecule has 8 heteroatoms. The van der Waals surface area contributed by atoms with Gasteiger partial charge in [-0.3, -0.25) is 18.6 Å². The molecule has 3 aromatic rings. The minimum Gasteiger partial charge on any atom is -0.425 e. The first-order chi connectivity index (χ1) is 13.3. The van der Waals surface area contributed by atoms with E-state index in [4.69, 9.17) is 4.74 Å². The first-order valence-corrected chi connectivity index (χ1v) is 9.90. The van der Waals surface area contributed by atoms with Crippen molar-refractivity contribution in [3.05, 3.63) is 64.4 Å². The largest absolute Gasteiger partial charge is 0.425 e. The van der Waals surface area contributed by atoms with Crippen molar-refractivity contribution < 1.29 is 18.5 Å². The van der Waals surface area contributed by atoms with Crippen LogP contribution in [0.25, 0.3) is 10.9 Å². The number of H-pyrrole nitrogens is 1. The van der Waals surface area contributed by atoms with E-state index in [-0.39, 0.29) is 11.3 Å². The van der Waals surface area contributed by atoms with Gasteiger partial charge < -0.3 is 14.6 Å². The molecule has 0 aliphatic carbocycles. The van der Waals surface area contributed by atoms with Gasteiger partial charge in [-0.2, -0.15) is 0 Å². The third-order valence-corrected chi connectivity index (χ3v) is 5.10. The summed E-state index contributed by atoms with van der Waals surface area (Å²) in [6.45, 7) is 1.18. The molecule has 1 aromatic heterocycles. The average molecular weight is 398 g/mol. The number of carbonyl (C=O) groups is 2. The Kier molecular flexibility index (Phi) is 5.41. The molecule has 0 bridgehead atoms. The number of ether oxygens (including phenoxy) is 1. The fourth-order valence-corrected chi connectivity index (χ4v) is 3.35. The lowest BCUT2D eigenvalue weighted by molar-refractivity contribution is -0.131. The number of carbonyl (C=O) groups excluding carboxylic acids is 2. The van der Waals surface area contributed by atoms with Crippen molar-refractivity contribution in [3.8, 4) is 5.75 Å². The molecule has 1 N–H and O–H groups in total. The van der Waals surface area contributed by atoms with Gasteiger partial charge in [0.05, 0.1) is 5.52 Å². The van der Waals surface area contributed by atoms with Crippen LogP contribution >= 0.6 is 0 Å². The zero-order valence-corrected chi connectivity index (χ0v) is 16.3. The molecule has 0 aliphatic heterocycles. The van der Waals surface area contributed by atoms with Crippen molar-refractivity contribution >= 4 is 39.3 Å². The number of nitrogens with one attached hydrogen (secondary N) is 1. The summed E-state index contributed by atoms with van der Waals surface area (Å²) in [5.74, 6) is -1.45. The van der Waals surface area contributed by atoms with Crippen LogP contribution in [0.15, 0.2) is 58.2 Å². The average Bonchev–Trinajstić information content (AvgIpc) is 2.67. The number of pyridine rings is 1. The second kappa shape index (κ2) is 7.77. The van der Waals surface area contributed by atoms with E-state index < -0.39 is 28.2 Å². The third-order valence-electron chi connectivity index (χ3n) is 4.18. The van der Waals surface area contributed by atoms with E-state index in [0.717, 1.165) is 0 Å². The monoisotopic (exact) mass is 398 g/mol. The topological polar surface area (TPSA) is 96.5 Å². The smallest absolute Gasteiger partial charge is 0.308 e. The van der Waals surface area contributed by atoms with E-state index >= 15 is 0 Å². The summed E-state index contributed by atoms with van der Waals surface area (Å²) < 4.78 is 17.1. The predicted molar refractivity (Wildman–Crippen MR) is 107 cm³/mol. The Balaban J connectivity index is 2.26. The van der Waals surface area contributed by atoms with Crippen LogP contribution in [0, 0.1) is 0 Å². The van der Waals surface area contributed by atoms with E-state index in [9.17, 15) is 18.6 Å². The SMILES string of the molecule is CC(=O)Oc1c(C(=O)N(C)c2ccccc2)c(=O)[nH]c2ccc(S(C)=O)cc12. The number of hydrogen-bond donors (Lipinski definition) is 1. The van der Waals surface area contributed by atoms with Crippen LogP contribution in [0.5, 0.6) is 5.75 Å². The van der Waals surface area contributed by atoms with Crippen LogP contribution in [-0.4, -0.2) is 34.4 Å². The first kappa shape index (κ1) is 19.5. The summed E-state index contributed by atoms with van der Waals surface area (Å²) in [6, 6.07) is 13.5. The Hall–Kier alpha value is -3.26. The molecule has 0 saturated heterocycles. The van der Waals surface area contributed by atoms with Crippen LogP contribution in [0.2, 0.25) is 0 Å². The quantitative estimate of drug-likeness (QED) is 0.681. The maximum Gasteiger partial charge on any atom is 0.308 e. The number of aromatic nitrogens is 1. The lowest BCUT2D eigenvalue weighted by Gasteiger charge is -2.19. The highest BCUT2D eigenvalue weighted by atomic mass is 32.2. The molecule has 2 aromatic carbocycles. The molecule has 7 nitrogen and oxygen atoms in total. The van der Waals surface area contributed by atoms with Crippen molar-refractivity contribution in [1.29, 1.82) is 0 Å². The van der Waals surface area contributed by atoms with Crippen molar-refractivity contribution in [1.82, 2.24) is 4.98 Å². The van der Waals surface area contributed by atoms with Gasteiger partial charge in [0.2, 0.25) is 0 Å². The van der Waals surface area contributed by atoms with Gasteiger partial charge in [0.25, 0.3) is 11.5 Å². The minimum atomic E-state index is -1.29. The van der Waals surface area contributed by atoms with Crippen LogP contribution < -0.4 is 15.2 Å². The lowest BCUT2D eigenvalue weighted by atomic mass is 10.1. The second-order valence-corrected chi connectivity index (χ2v) is 7.49. The van der Waals surface area contributed by atoms with E-state index in [1.165, 1.54) is 25.1 Å². The van der Waals surface area contributed by atoms with Gasteiger partial charge in [0.1, 0.15) is 5.56 Å². The number of amides is 1. The van der Waals surface area contributed by atoms with Crippen molar-refractivity contribution in [3.63, 3.8) is 0 Å². The molecule has 1 atom stereocenters. The molecule has 0 spiro atoms. The van der Waals surface area contributed by atoms with Gasteiger partial charge in [-0.05, 0) is 30.3 Å². The predicted octanol–water partition coefficient (Wildman–Crippen LogP) is 2.47. The van der Waals surface area contributed by atoms with Gasteiger partial charge in [0, 0.05) is 47.0 Å². The number of anilines is 1. The molecule has 0 radical (unpaired) electrons. The summed E-state index contributed by atoms with van der Waals surface area (Å²) in [5, 5.41) is 0.326. The molecule has 1 amide bonds. The normalized spacial score (nSPS) is 11.8. The number of hydrogen-bond acceptors (Lipinski definition) is 5. The van der Waals surface area contributed by atoms with Crippen molar-refractivity contribution in [2.45, 2.75) is 11.8 Å². The summed E-state index contributed by atoms with van der Waals surface area (Å²) in [6.07, 6.45) is 1.51. The molecular formula is C20H18N2O5S. The zero-order valence-electron chi connectivity index (χ0n) is 15.5. The number of fused-ring (bicyclic) bond motifs is 1. The zero-order chi connectivity index (χ0) is 20.4. The number of nitrogens with zero attached hydrogens (tertiary/aromatic N) is 1. The van der Waals surface area contributed by atoms with Crippen LogP contribution in [0.4, 0.5) is 5.69 Å². The molecular weight excluding hydrogens is 380 g/mol. The molecule has 28 heavy (non-hydrogen) atoms. The van der Waals surface area contributed by atoms with E-state index in [0.29, 0.717) is 21.5 Å². The summed E-state index contributed by atoms with van der Waals surface area (Å²) in [4.78, 5) is 41.8. The van der Waals surface area contributed by atoms with Crippen molar-refractivity contribution in [2.75, 3.05) is 18.2 Å². The molecule has 0 saturated carbocycles. The highest BCUT2D eigenvalue weighted by molar-refractivity contribution is 7.84. The Labute approximate surface area is 163 Å². The highest BCUT2D eigenvalue weighted by Gasteiger charge is 2.26. The maximum atomic E-state index is 13.1. The molecule has 1 unspecified atom stereocenters. The Bertz CT molecular complexity index is 1150. The minimum absolute atomic E-state index is 0.147. The van der Waals surface area contributed by atoms with Gasteiger partial charge >= 0.3 is 5.97 Å². The number of rotatable bonds is 4. The fourth-order valence-electron chi connectivity index (χ4n) is 2.80. The Morgan fingerprint density at radius 2 is 1.79 bits per heavy atom. The van der Waals surface area contributed by atoms with Crippen LogP contribution in [-0.2, 0) is 15.6 Å². The van der Waals surface area contributed by atoms with Crippen LogP contribution in [0.3, 0.4) is 0 Å². The van der Waals surface area contributed by atoms with Gasteiger partial charge in [-0.15, -0.1) is 0 Å². The second-order valence-electron chi connectivity index (χ2n) is 6.11. The molecule has 0 aliphatic rings. The highest BCUT2D eigenvalue weighted by Crippen LogP contribution is 2.30. The van der Waals surface area contributed by atoms with Crippen molar-refractivity contribution in [2.24, 2.45) is 0 Å². The summed E-state index contributed by atoms with van der Waals surface area (Å²) in [5.41, 5.74) is -0.0338. The van der Waals surface area contributed by atoms with E-state index in [1.807, 2.05) is 0 Å². The first-order valence-electron chi connectivity index (χ1n) is 8.34. The molecule has 3 rings (SSSR count). The van der Waals surface area contributed by atoms with E-state index in [2.05, 4.69) is 4.98 Å². The summed E-state index contributed by atoms with van der Waals surface area (Å²) in [7, 11) is 0.229. The van der Waals surface area contributed by atoms with Crippen LogP contribution in [0.1, 0.15) is 17.3 Å². The number of benzene rings is 2. The fraction of sp³-hybridized carbons (Fsp3) is 0.150.